The van der Waals surface area contributed by atoms with Crippen molar-refractivity contribution < 1.29 is 0 Å². The molecular formula is C17H27N3. The molecule has 0 aromatic heterocycles. The van der Waals surface area contributed by atoms with Gasteiger partial charge in [-0.05, 0) is 35.6 Å². The SMILES string of the molecule is CCc1cc(N2CCN(N3CC3)CC2)ccc1C(C)C. The molecule has 3 nitrogen and oxygen atoms in total. The number of nitrogens with zero attached hydrogens (tertiary/aromatic N) is 3. The summed E-state index contributed by atoms with van der Waals surface area (Å²) in [6, 6.07) is 7.08. The van der Waals surface area contributed by atoms with Gasteiger partial charge in [-0.15, -0.1) is 0 Å². The summed E-state index contributed by atoms with van der Waals surface area (Å²) in [6.45, 7) is 14.0. The Morgan fingerprint density at radius 1 is 0.950 bits per heavy atom. The molecule has 2 fully saturated rings. The van der Waals surface area contributed by atoms with Crippen molar-refractivity contribution in [3.8, 4) is 0 Å². The van der Waals surface area contributed by atoms with Crippen LogP contribution < -0.4 is 4.90 Å². The van der Waals surface area contributed by atoms with E-state index < -0.39 is 0 Å². The first kappa shape index (κ1) is 13.9. The van der Waals surface area contributed by atoms with Gasteiger partial charge in [0.15, 0.2) is 0 Å². The van der Waals surface area contributed by atoms with Crippen LogP contribution in [0.4, 0.5) is 5.69 Å². The highest BCUT2D eigenvalue weighted by Gasteiger charge is 2.28. The topological polar surface area (TPSA) is 9.49 Å². The van der Waals surface area contributed by atoms with Crippen LogP contribution in [0, 0.1) is 0 Å². The molecule has 2 saturated heterocycles. The highest BCUT2D eigenvalue weighted by atomic mass is 15.7. The summed E-state index contributed by atoms with van der Waals surface area (Å²) in [4.78, 5) is 2.54. The second-order valence-electron chi connectivity index (χ2n) is 6.29. The van der Waals surface area contributed by atoms with E-state index in [1.165, 1.54) is 43.0 Å². The summed E-state index contributed by atoms with van der Waals surface area (Å²) < 4.78 is 0. The Bertz CT molecular complexity index is 457. The van der Waals surface area contributed by atoms with Crippen molar-refractivity contribution in [1.82, 2.24) is 10.0 Å². The molecule has 0 amide bonds. The summed E-state index contributed by atoms with van der Waals surface area (Å²) in [6.07, 6.45) is 1.13. The molecule has 0 bridgehead atoms. The Kier molecular flexibility index (Phi) is 3.99. The lowest BCUT2D eigenvalue weighted by Gasteiger charge is -2.36. The highest BCUT2D eigenvalue weighted by Crippen LogP contribution is 2.26. The van der Waals surface area contributed by atoms with E-state index >= 15 is 0 Å². The molecule has 2 aliphatic rings. The number of hydrazine groups is 1. The lowest BCUT2D eigenvalue weighted by molar-refractivity contribution is 0.0806. The summed E-state index contributed by atoms with van der Waals surface area (Å²) in [5.41, 5.74) is 4.45. The molecule has 0 saturated carbocycles. The predicted molar refractivity (Wildman–Crippen MR) is 85.3 cm³/mol. The molecule has 0 radical (unpaired) electrons. The molecule has 0 aliphatic carbocycles. The summed E-state index contributed by atoms with van der Waals surface area (Å²) in [5.74, 6) is 0.624. The Morgan fingerprint density at radius 2 is 1.55 bits per heavy atom. The number of benzene rings is 1. The molecule has 0 N–H and O–H groups in total. The van der Waals surface area contributed by atoms with Crippen molar-refractivity contribution in [3.05, 3.63) is 29.3 Å². The van der Waals surface area contributed by atoms with Gasteiger partial charge in [-0.25, -0.2) is 10.0 Å². The van der Waals surface area contributed by atoms with Gasteiger partial charge >= 0.3 is 0 Å². The first-order valence-electron chi connectivity index (χ1n) is 8.06. The zero-order valence-electron chi connectivity index (χ0n) is 13.1. The first-order valence-corrected chi connectivity index (χ1v) is 8.06. The van der Waals surface area contributed by atoms with Crippen molar-refractivity contribution in [1.29, 1.82) is 0 Å². The Morgan fingerprint density at radius 3 is 2.05 bits per heavy atom. The van der Waals surface area contributed by atoms with Crippen molar-refractivity contribution in [2.45, 2.75) is 33.1 Å². The van der Waals surface area contributed by atoms with Crippen LogP contribution >= 0.6 is 0 Å². The Labute approximate surface area is 123 Å². The third-order valence-electron chi connectivity index (χ3n) is 4.57. The van der Waals surface area contributed by atoms with Crippen molar-refractivity contribution in [3.63, 3.8) is 0 Å². The molecule has 3 heteroatoms. The Hall–Kier alpha value is -1.06. The minimum Gasteiger partial charge on any atom is -0.369 e. The fourth-order valence-electron chi connectivity index (χ4n) is 3.22. The molecule has 1 aromatic carbocycles. The lowest BCUT2D eigenvalue weighted by Crippen LogP contribution is -2.48. The number of hydrogen-bond donors (Lipinski definition) is 0. The van der Waals surface area contributed by atoms with Gasteiger partial charge in [0.05, 0.1) is 0 Å². The van der Waals surface area contributed by atoms with Crippen LogP contribution in [-0.4, -0.2) is 49.3 Å². The van der Waals surface area contributed by atoms with Crippen LogP contribution in [0.1, 0.15) is 37.8 Å². The van der Waals surface area contributed by atoms with Crippen LogP contribution in [0.15, 0.2) is 18.2 Å². The van der Waals surface area contributed by atoms with Crippen molar-refractivity contribution in [2.24, 2.45) is 0 Å². The second-order valence-corrected chi connectivity index (χ2v) is 6.29. The van der Waals surface area contributed by atoms with Crippen molar-refractivity contribution in [2.75, 3.05) is 44.2 Å². The third-order valence-corrected chi connectivity index (χ3v) is 4.57. The van der Waals surface area contributed by atoms with E-state index in [0.29, 0.717) is 5.92 Å². The van der Waals surface area contributed by atoms with Crippen molar-refractivity contribution >= 4 is 5.69 Å². The molecule has 3 rings (SSSR count). The summed E-state index contributed by atoms with van der Waals surface area (Å²) in [7, 11) is 0. The molecule has 0 spiro atoms. The van der Waals surface area contributed by atoms with Crippen LogP contribution in [-0.2, 0) is 6.42 Å². The number of piperazine rings is 1. The fraction of sp³-hybridized carbons (Fsp3) is 0.647. The highest BCUT2D eigenvalue weighted by molar-refractivity contribution is 5.52. The maximum absolute atomic E-state index is 2.54. The quantitative estimate of drug-likeness (QED) is 0.781. The molecular weight excluding hydrogens is 246 g/mol. The number of hydrogen-bond acceptors (Lipinski definition) is 3. The molecule has 2 aliphatic heterocycles. The molecule has 1 aromatic rings. The number of anilines is 1. The minimum atomic E-state index is 0.624. The van der Waals surface area contributed by atoms with E-state index in [4.69, 9.17) is 0 Å². The van der Waals surface area contributed by atoms with E-state index in [2.05, 4.69) is 53.9 Å². The van der Waals surface area contributed by atoms with Crippen LogP contribution in [0.3, 0.4) is 0 Å². The molecule has 20 heavy (non-hydrogen) atoms. The van der Waals surface area contributed by atoms with Gasteiger partial charge in [0, 0.05) is 45.0 Å². The molecule has 2 heterocycles. The van der Waals surface area contributed by atoms with E-state index in [-0.39, 0.29) is 0 Å². The lowest BCUT2D eigenvalue weighted by atomic mass is 9.95. The average molecular weight is 273 g/mol. The standard InChI is InChI=1S/C17H27N3/c1-4-15-13-16(5-6-17(15)14(2)3)18-7-9-19(10-8-18)20-11-12-20/h5-6,13-14H,4,7-12H2,1-3H3. The van der Waals surface area contributed by atoms with Crippen LogP contribution in [0.2, 0.25) is 0 Å². The number of rotatable bonds is 4. The zero-order valence-corrected chi connectivity index (χ0v) is 13.1. The van der Waals surface area contributed by atoms with E-state index in [9.17, 15) is 0 Å². The van der Waals surface area contributed by atoms with Gasteiger partial charge in [0.1, 0.15) is 0 Å². The van der Waals surface area contributed by atoms with Crippen LogP contribution in [0.5, 0.6) is 0 Å². The van der Waals surface area contributed by atoms with Gasteiger partial charge in [-0.2, -0.15) is 0 Å². The monoisotopic (exact) mass is 273 g/mol. The number of aryl methyl sites for hydroxylation is 1. The normalized spacial score (nSPS) is 20.7. The second kappa shape index (κ2) is 5.74. The zero-order chi connectivity index (χ0) is 14.1. The summed E-state index contributed by atoms with van der Waals surface area (Å²) >= 11 is 0. The van der Waals surface area contributed by atoms with Crippen LogP contribution in [0.25, 0.3) is 0 Å². The maximum atomic E-state index is 2.54. The fourth-order valence-corrected chi connectivity index (χ4v) is 3.22. The van der Waals surface area contributed by atoms with Gasteiger partial charge < -0.3 is 4.90 Å². The predicted octanol–water partition coefficient (Wildman–Crippen LogP) is 2.73. The molecule has 0 atom stereocenters. The van der Waals surface area contributed by atoms with Gasteiger partial charge in [-0.1, -0.05) is 26.8 Å². The van der Waals surface area contributed by atoms with E-state index in [1.807, 2.05) is 0 Å². The maximum Gasteiger partial charge on any atom is 0.0370 e. The minimum absolute atomic E-state index is 0.624. The van der Waals surface area contributed by atoms with E-state index in [1.54, 1.807) is 0 Å². The average Bonchev–Trinajstić information content (AvgIpc) is 3.31. The smallest absolute Gasteiger partial charge is 0.0370 e. The van der Waals surface area contributed by atoms with E-state index in [0.717, 1.165) is 19.5 Å². The van der Waals surface area contributed by atoms with Gasteiger partial charge in [0.2, 0.25) is 0 Å². The largest absolute Gasteiger partial charge is 0.369 e. The Balaban J connectivity index is 1.70. The first-order chi connectivity index (χ1) is 9.69. The third kappa shape index (κ3) is 2.84. The van der Waals surface area contributed by atoms with Gasteiger partial charge in [0.25, 0.3) is 0 Å². The molecule has 110 valence electrons. The summed E-state index contributed by atoms with van der Waals surface area (Å²) in [5, 5.41) is 4.97. The molecule has 0 unspecified atom stereocenters. The van der Waals surface area contributed by atoms with Gasteiger partial charge in [-0.3, -0.25) is 0 Å².